The van der Waals surface area contributed by atoms with Crippen LogP contribution in [0.15, 0.2) is 66.7 Å². The number of phenols is 1. The molecule has 7 heteroatoms. The smallest absolute Gasteiger partial charge is 0.317 e. The SMILES string of the molecule is CCn1c2ccccc2c2cc(C=O)ccc21.NCC(=O)O.NCc1ccccc1O. The molecule has 0 spiro atoms. The Morgan fingerprint density at radius 1 is 0.968 bits per heavy atom. The number of hydrogen-bond donors (Lipinski definition) is 4. The van der Waals surface area contributed by atoms with E-state index in [2.05, 4.69) is 29.4 Å². The first-order valence-corrected chi connectivity index (χ1v) is 9.81. The monoisotopic (exact) mass is 421 g/mol. The number of fused-ring (bicyclic) bond motifs is 3. The van der Waals surface area contributed by atoms with Crippen molar-refractivity contribution in [2.45, 2.75) is 20.0 Å². The Morgan fingerprint density at radius 2 is 1.58 bits per heavy atom. The molecule has 0 aliphatic carbocycles. The molecule has 31 heavy (non-hydrogen) atoms. The summed E-state index contributed by atoms with van der Waals surface area (Å²) in [6.07, 6.45) is 0.900. The maximum atomic E-state index is 10.9. The highest BCUT2D eigenvalue weighted by molar-refractivity contribution is 6.09. The van der Waals surface area contributed by atoms with Gasteiger partial charge in [-0.1, -0.05) is 36.4 Å². The number of hydrogen-bond acceptors (Lipinski definition) is 5. The fourth-order valence-corrected chi connectivity index (χ4v) is 3.17. The van der Waals surface area contributed by atoms with Crippen LogP contribution >= 0.6 is 0 Å². The second kappa shape index (κ2) is 11.5. The van der Waals surface area contributed by atoms with Crippen molar-refractivity contribution < 1.29 is 19.8 Å². The van der Waals surface area contributed by atoms with Gasteiger partial charge in [-0.15, -0.1) is 0 Å². The van der Waals surface area contributed by atoms with Crippen molar-refractivity contribution in [3.8, 4) is 5.75 Å². The van der Waals surface area contributed by atoms with E-state index in [1.807, 2.05) is 36.4 Å². The van der Waals surface area contributed by atoms with Crippen molar-refractivity contribution in [1.82, 2.24) is 4.57 Å². The standard InChI is InChI=1S/C15H13NO.C7H9NO.C2H5NO2/c1-2-16-14-6-4-3-5-12(14)13-9-11(10-17)7-8-15(13)16;8-5-6-3-1-2-4-7(6)9;3-1-2(4)5/h3-10H,2H2,1H3;1-4,9H,5,8H2;1,3H2,(H,4,5). The normalized spacial score (nSPS) is 10.0. The van der Waals surface area contributed by atoms with Crippen molar-refractivity contribution in [2.75, 3.05) is 6.54 Å². The van der Waals surface area contributed by atoms with Gasteiger partial charge < -0.3 is 26.2 Å². The number of carboxylic acids is 1. The fourth-order valence-electron chi connectivity index (χ4n) is 3.17. The van der Waals surface area contributed by atoms with Crippen LogP contribution in [0.3, 0.4) is 0 Å². The Morgan fingerprint density at radius 3 is 2.13 bits per heavy atom. The Labute approximate surface area is 180 Å². The summed E-state index contributed by atoms with van der Waals surface area (Å²) in [6, 6.07) is 21.2. The lowest BCUT2D eigenvalue weighted by Gasteiger charge is -2.02. The van der Waals surface area contributed by atoms with Gasteiger partial charge >= 0.3 is 5.97 Å². The first kappa shape index (κ1) is 23.6. The number of nitrogens with two attached hydrogens (primary N) is 2. The molecule has 0 amide bonds. The summed E-state index contributed by atoms with van der Waals surface area (Å²) in [5, 5.41) is 19.0. The number of phenolic OH excluding ortho intramolecular Hbond substituents is 1. The van der Waals surface area contributed by atoms with Gasteiger partial charge in [-0.2, -0.15) is 0 Å². The minimum atomic E-state index is -0.968. The zero-order valence-electron chi connectivity index (χ0n) is 17.4. The number of rotatable bonds is 4. The van der Waals surface area contributed by atoms with Gasteiger partial charge in [0.2, 0.25) is 0 Å². The molecule has 1 aromatic heterocycles. The Kier molecular flexibility index (Phi) is 8.75. The van der Waals surface area contributed by atoms with Crippen LogP contribution in [0, 0.1) is 0 Å². The average Bonchev–Trinajstić information content (AvgIpc) is 3.13. The molecule has 0 unspecified atom stereocenters. The van der Waals surface area contributed by atoms with Crippen molar-refractivity contribution >= 4 is 34.1 Å². The Bertz CT molecular complexity index is 1170. The maximum Gasteiger partial charge on any atom is 0.317 e. The summed E-state index contributed by atoms with van der Waals surface area (Å²) in [5.41, 5.74) is 13.8. The summed E-state index contributed by atoms with van der Waals surface area (Å²) in [4.78, 5) is 20.1. The van der Waals surface area contributed by atoms with Gasteiger partial charge in [-0.05, 0) is 37.3 Å². The van der Waals surface area contributed by atoms with E-state index < -0.39 is 5.97 Å². The van der Waals surface area contributed by atoms with Gasteiger partial charge in [0.1, 0.15) is 12.0 Å². The molecule has 0 saturated heterocycles. The minimum Gasteiger partial charge on any atom is -0.508 e. The largest absolute Gasteiger partial charge is 0.508 e. The molecule has 4 rings (SSSR count). The number of para-hydroxylation sites is 2. The van der Waals surface area contributed by atoms with Crippen LogP contribution in [0.25, 0.3) is 21.8 Å². The molecular formula is C24H27N3O4. The number of aliphatic carboxylic acids is 1. The quantitative estimate of drug-likeness (QED) is 0.373. The predicted molar refractivity (Wildman–Crippen MR) is 123 cm³/mol. The molecule has 6 N–H and O–H groups in total. The molecule has 162 valence electrons. The highest BCUT2D eigenvalue weighted by Gasteiger charge is 2.08. The minimum absolute atomic E-state index is 0.278. The summed E-state index contributed by atoms with van der Waals surface area (Å²) in [6.45, 7) is 3.19. The number of aromatic nitrogens is 1. The van der Waals surface area contributed by atoms with Crippen LogP contribution in [0.5, 0.6) is 5.75 Å². The maximum absolute atomic E-state index is 10.9. The number of aldehydes is 1. The Balaban J connectivity index is 0.000000205. The molecule has 0 saturated carbocycles. The van der Waals surface area contributed by atoms with Crippen LogP contribution in [-0.4, -0.2) is 33.6 Å². The highest BCUT2D eigenvalue weighted by Crippen LogP contribution is 2.29. The van der Waals surface area contributed by atoms with E-state index in [0.29, 0.717) is 6.54 Å². The topological polar surface area (TPSA) is 132 Å². The number of carbonyl (C=O) groups is 2. The van der Waals surface area contributed by atoms with Crippen LogP contribution in [0.4, 0.5) is 0 Å². The van der Waals surface area contributed by atoms with Gasteiger partial charge in [-0.25, -0.2) is 0 Å². The van der Waals surface area contributed by atoms with Crippen molar-refractivity contribution in [2.24, 2.45) is 11.5 Å². The highest BCUT2D eigenvalue weighted by atomic mass is 16.4. The van der Waals surface area contributed by atoms with E-state index in [1.54, 1.807) is 18.2 Å². The van der Waals surface area contributed by atoms with E-state index in [-0.39, 0.29) is 12.3 Å². The Hall–Kier alpha value is -3.68. The van der Waals surface area contributed by atoms with Gasteiger partial charge in [0.05, 0.1) is 6.54 Å². The van der Waals surface area contributed by atoms with Crippen LogP contribution in [-0.2, 0) is 17.9 Å². The molecule has 0 fully saturated rings. The molecule has 0 radical (unpaired) electrons. The number of aryl methyl sites for hydroxylation is 1. The van der Waals surface area contributed by atoms with E-state index in [4.69, 9.17) is 15.9 Å². The lowest BCUT2D eigenvalue weighted by molar-refractivity contribution is -0.135. The molecule has 4 aromatic rings. The number of carbonyl (C=O) groups excluding carboxylic acids is 1. The van der Waals surface area contributed by atoms with Crippen LogP contribution < -0.4 is 11.5 Å². The van der Waals surface area contributed by atoms with Crippen molar-refractivity contribution in [3.63, 3.8) is 0 Å². The van der Waals surface area contributed by atoms with Gasteiger partial charge in [0, 0.05) is 46.0 Å². The molecule has 0 aliphatic rings. The molecule has 3 aromatic carbocycles. The first-order chi connectivity index (χ1) is 15.0. The van der Waals surface area contributed by atoms with Gasteiger partial charge in [0.25, 0.3) is 0 Å². The van der Waals surface area contributed by atoms with E-state index in [1.165, 1.54) is 16.4 Å². The second-order valence-electron chi connectivity index (χ2n) is 6.59. The zero-order valence-corrected chi connectivity index (χ0v) is 17.4. The summed E-state index contributed by atoms with van der Waals surface area (Å²) in [7, 11) is 0. The number of aromatic hydroxyl groups is 1. The molecule has 0 aliphatic heterocycles. The summed E-state index contributed by atoms with van der Waals surface area (Å²) in [5.74, 6) is -0.690. The van der Waals surface area contributed by atoms with Crippen molar-refractivity contribution in [3.05, 3.63) is 77.9 Å². The molecule has 7 nitrogen and oxygen atoms in total. The lowest BCUT2D eigenvalue weighted by atomic mass is 10.1. The molecule has 0 atom stereocenters. The summed E-state index contributed by atoms with van der Waals surface area (Å²) < 4.78 is 2.28. The van der Waals surface area contributed by atoms with E-state index in [9.17, 15) is 9.59 Å². The fraction of sp³-hybridized carbons (Fsp3) is 0.167. The van der Waals surface area contributed by atoms with Crippen LogP contribution in [0.2, 0.25) is 0 Å². The number of carboxylic acid groups (broad SMARTS) is 1. The van der Waals surface area contributed by atoms with Crippen LogP contribution in [0.1, 0.15) is 22.8 Å². The number of nitrogens with zero attached hydrogens (tertiary/aromatic N) is 1. The second-order valence-corrected chi connectivity index (χ2v) is 6.59. The first-order valence-electron chi connectivity index (χ1n) is 9.81. The van der Waals surface area contributed by atoms with E-state index >= 15 is 0 Å². The van der Waals surface area contributed by atoms with Gasteiger partial charge in [0.15, 0.2) is 0 Å². The van der Waals surface area contributed by atoms with Crippen molar-refractivity contribution in [1.29, 1.82) is 0 Å². The number of benzene rings is 3. The predicted octanol–water partition coefficient (Wildman–Crippen LogP) is 3.51. The van der Waals surface area contributed by atoms with Gasteiger partial charge in [-0.3, -0.25) is 9.59 Å². The third-order valence-corrected chi connectivity index (χ3v) is 4.63. The van der Waals surface area contributed by atoms with E-state index in [0.717, 1.165) is 29.3 Å². The third-order valence-electron chi connectivity index (χ3n) is 4.63. The third kappa shape index (κ3) is 5.91. The molecule has 0 bridgehead atoms. The lowest BCUT2D eigenvalue weighted by Crippen LogP contribution is -2.10. The zero-order chi connectivity index (χ0) is 22.8. The average molecular weight is 421 g/mol. The summed E-state index contributed by atoms with van der Waals surface area (Å²) >= 11 is 0. The molecular weight excluding hydrogens is 394 g/mol. The molecule has 1 heterocycles.